The normalized spacial score (nSPS) is 22.0. The molecule has 0 saturated carbocycles. The van der Waals surface area contributed by atoms with Crippen LogP contribution in [-0.2, 0) is 11.3 Å². The van der Waals surface area contributed by atoms with Gasteiger partial charge in [-0.25, -0.2) is 0 Å². The quantitative estimate of drug-likeness (QED) is 0.909. The zero-order valence-electron chi connectivity index (χ0n) is 13.0. The molecule has 2 saturated heterocycles. The minimum Gasteiger partial charge on any atom is -0.341 e. The minimum absolute atomic E-state index is 0. The Labute approximate surface area is 144 Å². The molecule has 1 unspecified atom stereocenters. The molecule has 22 heavy (non-hydrogen) atoms. The summed E-state index contributed by atoms with van der Waals surface area (Å²) in [4.78, 5) is 14.4. The molecule has 1 N–H and O–H groups in total. The molecular weight excluding hydrogens is 323 g/mol. The van der Waals surface area contributed by atoms with Crippen LogP contribution in [0.4, 0.5) is 0 Å². The molecule has 0 aromatic carbocycles. The fourth-order valence-electron chi connectivity index (χ4n) is 3.28. The van der Waals surface area contributed by atoms with Crippen LogP contribution in [0.25, 0.3) is 0 Å². The maximum absolute atomic E-state index is 12.3. The molecule has 1 aromatic rings. The molecule has 5 nitrogen and oxygen atoms in total. The van der Waals surface area contributed by atoms with Gasteiger partial charge in [0.15, 0.2) is 0 Å². The van der Waals surface area contributed by atoms with E-state index in [1.807, 2.05) is 15.8 Å². The lowest BCUT2D eigenvalue weighted by Gasteiger charge is -2.33. The number of rotatable bonds is 3. The third kappa shape index (κ3) is 4.61. The highest BCUT2D eigenvalue weighted by Crippen LogP contribution is 2.21. The van der Waals surface area contributed by atoms with Crippen molar-refractivity contribution in [1.82, 2.24) is 20.0 Å². The lowest BCUT2D eigenvalue weighted by atomic mass is 9.96. The van der Waals surface area contributed by atoms with Crippen LogP contribution in [0, 0.1) is 12.8 Å². The van der Waals surface area contributed by atoms with Crippen molar-refractivity contribution in [2.24, 2.45) is 5.92 Å². The Bertz CT molecular complexity index is 466. The second-order valence-electron chi connectivity index (χ2n) is 6.16. The van der Waals surface area contributed by atoms with Crippen LogP contribution in [0.5, 0.6) is 0 Å². The number of hydrogen-bond donors (Lipinski definition) is 1. The number of aromatic nitrogens is 2. The summed E-state index contributed by atoms with van der Waals surface area (Å²) in [6.45, 7) is 5.85. The van der Waals surface area contributed by atoms with Crippen molar-refractivity contribution in [2.45, 2.75) is 45.2 Å². The first kappa shape index (κ1) is 19.3. The Morgan fingerprint density at radius 2 is 2.05 bits per heavy atom. The Kier molecular flexibility index (Phi) is 7.66. The van der Waals surface area contributed by atoms with Gasteiger partial charge in [0.25, 0.3) is 0 Å². The number of likely N-dealkylation sites (tertiary alicyclic amines) is 1. The third-order valence-corrected chi connectivity index (χ3v) is 4.49. The summed E-state index contributed by atoms with van der Waals surface area (Å²) in [6.07, 6.45) is 8.33. The molecule has 2 fully saturated rings. The third-order valence-electron chi connectivity index (χ3n) is 4.49. The molecule has 3 rings (SSSR count). The van der Waals surface area contributed by atoms with E-state index in [9.17, 15) is 4.79 Å². The van der Waals surface area contributed by atoms with Gasteiger partial charge >= 0.3 is 0 Å². The minimum atomic E-state index is 0. The molecule has 0 aliphatic carbocycles. The fourth-order valence-corrected chi connectivity index (χ4v) is 3.28. The Balaban J connectivity index is 0.00000121. The van der Waals surface area contributed by atoms with Gasteiger partial charge in [0.2, 0.25) is 5.91 Å². The average molecular weight is 349 g/mol. The highest BCUT2D eigenvalue weighted by atomic mass is 35.5. The van der Waals surface area contributed by atoms with E-state index in [-0.39, 0.29) is 30.9 Å². The monoisotopic (exact) mass is 348 g/mol. The molecule has 0 radical (unpaired) electrons. The van der Waals surface area contributed by atoms with Gasteiger partial charge in [0.1, 0.15) is 0 Å². The number of piperidine rings is 1. The van der Waals surface area contributed by atoms with Crippen LogP contribution in [-0.4, -0.2) is 46.3 Å². The molecular formula is C15H26Cl2N4O. The zero-order valence-corrected chi connectivity index (χ0v) is 14.7. The predicted octanol–water partition coefficient (Wildman–Crippen LogP) is 2.03. The van der Waals surface area contributed by atoms with Gasteiger partial charge in [-0.2, -0.15) is 5.10 Å². The van der Waals surface area contributed by atoms with E-state index in [0.717, 1.165) is 51.9 Å². The highest BCUT2D eigenvalue weighted by molar-refractivity contribution is 5.85. The number of hydrogen-bond acceptors (Lipinski definition) is 3. The van der Waals surface area contributed by atoms with Crippen molar-refractivity contribution in [3.05, 3.63) is 18.0 Å². The number of carbonyl (C=O) groups is 1. The fraction of sp³-hybridized carbons (Fsp3) is 0.733. The van der Waals surface area contributed by atoms with Crippen molar-refractivity contribution >= 4 is 30.7 Å². The van der Waals surface area contributed by atoms with Gasteiger partial charge in [-0.3, -0.25) is 9.48 Å². The molecule has 7 heteroatoms. The standard InChI is InChI=1S/C15H24N4O.2ClH/c1-12-9-17-19(10-12)11-13-4-7-18(8-5-13)15(20)14-3-2-6-16-14;;/h9-10,13-14,16H,2-8,11H2,1H3;2*1H. The average Bonchev–Trinajstić information content (AvgIpc) is 3.11. The molecule has 2 aliphatic rings. The van der Waals surface area contributed by atoms with Crippen molar-refractivity contribution < 1.29 is 4.79 Å². The summed E-state index contributed by atoms with van der Waals surface area (Å²) in [7, 11) is 0. The van der Waals surface area contributed by atoms with Crippen molar-refractivity contribution in [2.75, 3.05) is 19.6 Å². The number of halogens is 2. The van der Waals surface area contributed by atoms with Gasteiger partial charge in [0, 0.05) is 25.8 Å². The number of amides is 1. The van der Waals surface area contributed by atoms with Crippen LogP contribution in [0.1, 0.15) is 31.2 Å². The first-order valence-electron chi connectivity index (χ1n) is 7.73. The number of nitrogens with one attached hydrogen (secondary N) is 1. The summed E-state index contributed by atoms with van der Waals surface area (Å²) >= 11 is 0. The van der Waals surface area contributed by atoms with Crippen molar-refractivity contribution in [3.63, 3.8) is 0 Å². The van der Waals surface area contributed by atoms with E-state index < -0.39 is 0 Å². The zero-order chi connectivity index (χ0) is 13.9. The summed E-state index contributed by atoms with van der Waals surface area (Å²) < 4.78 is 2.04. The number of carbonyl (C=O) groups excluding carboxylic acids is 1. The molecule has 0 spiro atoms. The van der Waals surface area contributed by atoms with E-state index in [1.54, 1.807) is 0 Å². The maximum atomic E-state index is 12.3. The molecule has 1 amide bonds. The predicted molar refractivity (Wildman–Crippen MR) is 91.8 cm³/mol. The van der Waals surface area contributed by atoms with Gasteiger partial charge in [-0.15, -0.1) is 24.8 Å². The second kappa shape index (κ2) is 8.75. The van der Waals surface area contributed by atoms with E-state index in [4.69, 9.17) is 0 Å². The van der Waals surface area contributed by atoms with Crippen LogP contribution in [0.15, 0.2) is 12.4 Å². The van der Waals surface area contributed by atoms with Crippen molar-refractivity contribution in [3.8, 4) is 0 Å². The van der Waals surface area contributed by atoms with E-state index in [1.165, 1.54) is 5.56 Å². The summed E-state index contributed by atoms with van der Waals surface area (Å²) in [5.74, 6) is 0.964. The SMILES string of the molecule is Cc1cnn(CC2CCN(C(=O)C3CCCN3)CC2)c1.Cl.Cl. The topological polar surface area (TPSA) is 50.2 Å². The lowest BCUT2D eigenvalue weighted by Crippen LogP contribution is -2.47. The molecule has 3 heterocycles. The van der Waals surface area contributed by atoms with Crippen LogP contribution in [0.2, 0.25) is 0 Å². The highest BCUT2D eigenvalue weighted by Gasteiger charge is 2.29. The van der Waals surface area contributed by atoms with E-state index in [2.05, 4.69) is 23.5 Å². The summed E-state index contributed by atoms with van der Waals surface area (Å²) in [6, 6.07) is 0.0836. The van der Waals surface area contributed by atoms with Gasteiger partial charge in [-0.05, 0) is 50.6 Å². The molecule has 2 aliphatic heterocycles. The van der Waals surface area contributed by atoms with Crippen LogP contribution in [0.3, 0.4) is 0 Å². The Morgan fingerprint density at radius 1 is 1.32 bits per heavy atom. The molecule has 1 atom stereocenters. The summed E-state index contributed by atoms with van der Waals surface area (Å²) in [5.41, 5.74) is 1.21. The largest absolute Gasteiger partial charge is 0.341 e. The smallest absolute Gasteiger partial charge is 0.239 e. The lowest BCUT2D eigenvalue weighted by molar-refractivity contribution is -0.134. The van der Waals surface area contributed by atoms with Crippen molar-refractivity contribution in [1.29, 1.82) is 0 Å². The molecule has 0 bridgehead atoms. The van der Waals surface area contributed by atoms with Gasteiger partial charge in [0.05, 0.1) is 12.2 Å². The van der Waals surface area contributed by atoms with E-state index in [0.29, 0.717) is 11.8 Å². The van der Waals surface area contributed by atoms with E-state index >= 15 is 0 Å². The first-order valence-corrected chi connectivity index (χ1v) is 7.73. The first-order chi connectivity index (χ1) is 9.72. The van der Waals surface area contributed by atoms with Gasteiger partial charge in [-0.1, -0.05) is 0 Å². The number of aryl methyl sites for hydroxylation is 1. The van der Waals surface area contributed by atoms with Crippen LogP contribution >= 0.6 is 24.8 Å². The molecule has 1 aromatic heterocycles. The van der Waals surface area contributed by atoms with Crippen LogP contribution < -0.4 is 5.32 Å². The number of nitrogens with zero attached hydrogens (tertiary/aromatic N) is 3. The van der Waals surface area contributed by atoms with Gasteiger partial charge < -0.3 is 10.2 Å². The Hall–Kier alpha value is -0.780. The molecule has 126 valence electrons. The summed E-state index contributed by atoms with van der Waals surface area (Å²) in [5, 5.41) is 7.66. The Morgan fingerprint density at radius 3 is 2.59 bits per heavy atom. The maximum Gasteiger partial charge on any atom is 0.239 e. The second-order valence-corrected chi connectivity index (χ2v) is 6.16.